The standard InChI is InChI=1S/C11H19NO3/c13-10(14)9-11(1-2-11)3-4-12-5-7-15-8-6-12/h1-9H2,(H,13,14). The van der Waals surface area contributed by atoms with Gasteiger partial charge in [0.05, 0.1) is 19.6 Å². The smallest absolute Gasteiger partial charge is 0.303 e. The van der Waals surface area contributed by atoms with E-state index in [1.54, 1.807) is 0 Å². The molecule has 0 aromatic rings. The first-order valence-corrected chi connectivity index (χ1v) is 5.72. The number of rotatable bonds is 5. The van der Waals surface area contributed by atoms with Crippen LogP contribution in [0.2, 0.25) is 0 Å². The highest BCUT2D eigenvalue weighted by atomic mass is 16.5. The molecule has 1 saturated heterocycles. The van der Waals surface area contributed by atoms with Crippen molar-refractivity contribution in [2.24, 2.45) is 5.41 Å². The zero-order valence-corrected chi connectivity index (χ0v) is 9.07. The van der Waals surface area contributed by atoms with Crippen LogP contribution in [0.4, 0.5) is 0 Å². The van der Waals surface area contributed by atoms with Gasteiger partial charge in [-0.3, -0.25) is 9.69 Å². The first-order valence-electron chi connectivity index (χ1n) is 5.72. The van der Waals surface area contributed by atoms with Crippen molar-refractivity contribution in [2.75, 3.05) is 32.8 Å². The minimum Gasteiger partial charge on any atom is -0.481 e. The van der Waals surface area contributed by atoms with Crippen LogP contribution in [0.25, 0.3) is 0 Å². The summed E-state index contributed by atoms with van der Waals surface area (Å²) in [6.07, 6.45) is 3.60. The molecule has 0 bridgehead atoms. The predicted molar refractivity (Wildman–Crippen MR) is 55.8 cm³/mol. The Bertz CT molecular complexity index is 232. The summed E-state index contributed by atoms with van der Waals surface area (Å²) in [5, 5.41) is 8.79. The molecule has 1 saturated carbocycles. The van der Waals surface area contributed by atoms with Gasteiger partial charge in [-0.15, -0.1) is 0 Å². The summed E-state index contributed by atoms with van der Waals surface area (Å²) in [4.78, 5) is 13.1. The Kier molecular flexibility index (Phi) is 3.26. The molecule has 2 aliphatic rings. The summed E-state index contributed by atoms with van der Waals surface area (Å²) in [6, 6.07) is 0. The van der Waals surface area contributed by atoms with Crippen LogP contribution in [0, 0.1) is 5.41 Å². The first kappa shape index (κ1) is 10.9. The summed E-state index contributed by atoms with van der Waals surface area (Å²) >= 11 is 0. The van der Waals surface area contributed by atoms with E-state index in [4.69, 9.17) is 9.84 Å². The highest BCUT2D eigenvalue weighted by molar-refractivity contribution is 5.68. The minimum absolute atomic E-state index is 0.143. The molecule has 1 heterocycles. The van der Waals surface area contributed by atoms with Crippen LogP contribution in [0.3, 0.4) is 0 Å². The molecule has 86 valence electrons. The lowest BCUT2D eigenvalue weighted by atomic mass is 9.98. The molecule has 1 aliphatic heterocycles. The second kappa shape index (κ2) is 4.49. The maximum Gasteiger partial charge on any atom is 0.303 e. The number of carboxylic acids is 1. The molecule has 4 heteroatoms. The number of morpholine rings is 1. The van der Waals surface area contributed by atoms with E-state index in [0.29, 0.717) is 6.42 Å². The summed E-state index contributed by atoms with van der Waals surface area (Å²) in [6.45, 7) is 4.70. The van der Waals surface area contributed by atoms with Gasteiger partial charge in [-0.2, -0.15) is 0 Å². The molecular weight excluding hydrogens is 194 g/mol. The molecule has 0 aromatic carbocycles. The zero-order chi connectivity index (χ0) is 10.7. The number of ether oxygens (including phenoxy) is 1. The largest absolute Gasteiger partial charge is 0.481 e. The van der Waals surface area contributed by atoms with Crippen molar-refractivity contribution < 1.29 is 14.6 Å². The van der Waals surface area contributed by atoms with Crippen molar-refractivity contribution >= 4 is 5.97 Å². The van der Waals surface area contributed by atoms with Gasteiger partial charge in [0.1, 0.15) is 0 Å². The van der Waals surface area contributed by atoms with Gasteiger partial charge < -0.3 is 9.84 Å². The van der Waals surface area contributed by atoms with Gasteiger partial charge in [-0.05, 0) is 31.2 Å². The van der Waals surface area contributed by atoms with Gasteiger partial charge in [0, 0.05) is 13.1 Å². The quantitative estimate of drug-likeness (QED) is 0.739. The van der Waals surface area contributed by atoms with Crippen molar-refractivity contribution in [1.82, 2.24) is 4.90 Å². The molecule has 0 spiro atoms. The summed E-state index contributed by atoms with van der Waals surface area (Å²) < 4.78 is 5.28. The van der Waals surface area contributed by atoms with Gasteiger partial charge in [0.25, 0.3) is 0 Å². The van der Waals surface area contributed by atoms with E-state index in [9.17, 15) is 4.79 Å². The van der Waals surface area contributed by atoms with Crippen LogP contribution in [0.5, 0.6) is 0 Å². The molecular formula is C11H19NO3. The van der Waals surface area contributed by atoms with Gasteiger partial charge in [-0.25, -0.2) is 0 Å². The van der Waals surface area contributed by atoms with Crippen molar-refractivity contribution in [3.8, 4) is 0 Å². The lowest BCUT2D eigenvalue weighted by Gasteiger charge is -2.28. The van der Waals surface area contributed by atoms with Crippen LogP contribution in [0.15, 0.2) is 0 Å². The second-order valence-electron chi connectivity index (χ2n) is 4.77. The fourth-order valence-electron chi connectivity index (χ4n) is 2.23. The van der Waals surface area contributed by atoms with Crippen molar-refractivity contribution in [3.05, 3.63) is 0 Å². The van der Waals surface area contributed by atoms with E-state index in [2.05, 4.69) is 4.90 Å². The van der Waals surface area contributed by atoms with E-state index in [1.807, 2.05) is 0 Å². The van der Waals surface area contributed by atoms with Crippen LogP contribution < -0.4 is 0 Å². The molecule has 0 radical (unpaired) electrons. The van der Waals surface area contributed by atoms with Crippen molar-refractivity contribution in [1.29, 1.82) is 0 Å². The van der Waals surface area contributed by atoms with E-state index in [1.165, 1.54) is 0 Å². The topological polar surface area (TPSA) is 49.8 Å². The third-order valence-electron chi connectivity index (χ3n) is 3.55. The number of aliphatic carboxylic acids is 1. The highest BCUT2D eigenvalue weighted by Gasteiger charge is 2.43. The van der Waals surface area contributed by atoms with Crippen LogP contribution in [-0.2, 0) is 9.53 Å². The Morgan fingerprint density at radius 3 is 2.53 bits per heavy atom. The fraction of sp³-hybridized carbons (Fsp3) is 0.909. The van der Waals surface area contributed by atoms with E-state index in [0.717, 1.165) is 52.1 Å². The van der Waals surface area contributed by atoms with Gasteiger partial charge in [0.2, 0.25) is 0 Å². The van der Waals surface area contributed by atoms with Gasteiger partial charge in [-0.1, -0.05) is 0 Å². The number of carbonyl (C=O) groups is 1. The predicted octanol–water partition coefficient (Wildman–Crippen LogP) is 0.964. The van der Waals surface area contributed by atoms with Crippen LogP contribution >= 0.6 is 0 Å². The maximum atomic E-state index is 10.7. The van der Waals surface area contributed by atoms with Gasteiger partial charge >= 0.3 is 5.97 Å². The Labute approximate surface area is 90.2 Å². The number of hydrogen-bond acceptors (Lipinski definition) is 3. The third kappa shape index (κ3) is 3.18. The maximum absolute atomic E-state index is 10.7. The summed E-state index contributed by atoms with van der Waals surface area (Å²) in [5.74, 6) is -0.644. The lowest BCUT2D eigenvalue weighted by Crippen LogP contribution is -2.37. The number of carboxylic acid groups (broad SMARTS) is 1. The fourth-order valence-corrected chi connectivity index (χ4v) is 2.23. The normalized spacial score (nSPS) is 25.1. The molecule has 2 fully saturated rings. The molecule has 4 nitrogen and oxygen atoms in total. The number of hydrogen-bond donors (Lipinski definition) is 1. The molecule has 1 N–H and O–H groups in total. The SMILES string of the molecule is O=C(O)CC1(CCN2CCOCC2)CC1. The Balaban J connectivity index is 1.70. The molecule has 0 atom stereocenters. The molecule has 0 aromatic heterocycles. The summed E-state index contributed by atoms with van der Waals surface area (Å²) in [7, 11) is 0. The molecule has 0 amide bonds. The van der Waals surface area contributed by atoms with Crippen LogP contribution in [-0.4, -0.2) is 48.8 Å². The highest BCUT2D eigenvalue weighted by Crippen LogP contribution is 2.51. The third-order valence-corrected chi connectivity index (χ3v) is 3.55. The molecule has 1 aliphatic carbocycles. The average molecular weight is 213 g/mol. The lowest BCUT2D eigenvalue weighted by molar-refractivity contribution is -0.138. The van der Waals surface area contributed by atoms with E-state index < -0.39 is 5.97 Å². The summed E-state index contributed by atoms with van der Waals surface area (Å²) in [5.41, 5.74) is 0.143. The number of nitrogens with zero attached hydrogens (tertiary/aromatic N) is 1. The first-order chi connectivity index (χ1) is 7.20. The Morgan fingerprint density at radius 2 is 2.00 bits per heavy atom. The van der Waals surface area contributed by atoms with Crippen LogP contribution in [0.1, 0.15) is 25.7 Å². The molecule has 0 unspecified atom stereocenters. The monoisotopic (exact) mass is 213 g/mol. The van der Waals surface area contributed by atoms with E-state index in [-0.39, 0.29) is 5.41 Å². The van der Waals surface area contributed by atoms with Crippen molar-refractivity contribution in [2.45, 2.75) is 25.7 Å². The van der Waals surface area contributed by atoms with Crippen molar-refractivity contribution in [3.63, 3.8) is 0 Å². The minimum atomic E-state index is -0.644. The Hall–Kier alpha value is -0.610. The van der Waals surface area contributed by atoms with E-state index >= 15 is 0 Å². The molecule has 2 rings (SSSR count). The molecule has 15 heavy (non-hydrogen) atoms. The zero-order valence-electron chi connectivity index (χ0n) is 9.07. The van der Waals surface area contributed by atoms with Gasteiger partial charge in [0.15, 0.2) is 0 Å². The second-order valence-corrected chi connectivity index (χ2v) is 4.77. The Morgan fingerprint density at radius 1 is 1.33 bits per heavy atom. The average Bonchev–Trinajstić information content (AvgIpc) is 2.96.